The number of carboxylic acid groups (broad SMARTS) is 1. The zero-order valence-corrected chi connectivity index (χ0v) is 11.8. The highest BCUT2D eigenvalue weighted by Crippen LogP contribution is 2.14. The molecule has 8 nitrogen and oxygen atoms in total. The minimum absolute atomic E-state index is 0.00391. The van der Waals surface area contributed by atoms with Crippen molar-refractivity contribution < 1.29 is 18.3 Å². The lowest BCUT2D eigenvalue weighted by atomic mass is 10.2. The summed E-state index contributed by atoms with van der Waals surface area (Å²) in [6.45, 7) is 0. The summed E-state index contributed by atoms with van der Waals surface area (Å²) in [5.74, 6) is -1.01. The molecule has 2 N–H and O–H groups in total. The molecule has 0 bridgehead atoms. The van der Waals surface area contributed by atoms with E-state index in [0.717, 1.165) is 6.08 Å². The normalized spacial score (nSPS) is 11.7. The Morgan fingerprint density at radius 2 is 2.14 bits per heavy atom. The third kappa shape index (κ3) is 3.66. The molecule has 0 atom stereocenters. The molecule has 0 aliphatic heterocycles. The van der Waals surface area contributed by atoms with Gasteiger partial charge in [-0.1, -0.05) is 0 Å². The second-order valence-electron chi connectivity index (χ2n) is 4.04. The molecule has 0 fully saturated rings. The third-order valence-electron chi connectivity index (χ3n) is 2.49. The quantitative estimate of drug-likeness (QED) is 0.786. The highest BCUT2D eigenvalue weighted by Gasteiger charge is 2.18. The van der Waals surface area contributed by atoms with Gasteiger partial charge in [-0.25, -0.2) is 9.78 Å². The van der Waals surface area contributed by atoms with E-state index < -0.39 is 16.0 Å². The number of nitrogens with zero attached hydrogens (tertiary/aromatic N) is 3. The molecular formula is C12H12N4O4S. The van der Waals surface area contributed by atoms with E-state index in [1.165, 1.54) is 42.3 Å². The van der Waals surface area contributed by atoms with Crippen LogP contribution >= 0.6 is 0 Å². The van der Waals surface area contributed by atoms with Crippen LogP contribution in [0.2, 0.25) is 0 Å². The predicted molar refractivity (Wildman–Crippen MR) is 74.9 cm³/mol. The molecule has 0 unspecified atom stereocenters. The van der Waals surface area contributed by atoms with Crippen LogP contribution in [-0.4, -0.2) is 34.3 Å². The Morgan fingerprint density at radius 3 is 2.76 bits per heavy atom. The molecule has 2 heterocycles. The maximum Gasteiger partial charge on any atom is 0.328 e. The maximum atomic E-state index is 12.1. The average Bonchev–Trinajstić information content (AvgIpc) is 2.83. The summed E-state index contributed by atoms with van der Waals surface area (Å²) in [7, 11) is -2.29. The first-order valence-corrected chi connectivity index (χ1v) is 7.25. The maximum absolute atomic E-state index is 12.1. The predicted octanol–water partition coefficient (Wildman–Crippen LogP) is 0.714. The SMILES string of the molecule is Cn1nccc1S(=O)(=O)Nc1cc(/C=C/C(=O)O)ccn1. The summed E-state index contributed by atoms with van der Waals surface area (Å²) < 4.78 is 27.8. The summed E-state index contributed by atoms with van der Waals surface area (Å²) in [4.78, 5) is 14.3. The number of anilines is 1. The van der Waals surface area contributed by atoms with Crippen molar-refractivity contribution in [3.8, 4) is 0 Å². The second-order valence-corrected chi connectivity index (χ2v) is 5.67. The lowest BCUT2D eigenvalue weighted by Gasteiger charge is -2.07. The van der Waals surface area contributed by atoms with Crippen LogP contribution in [0.4, 0.5) is 5.82 Å². The van der Waals surface area contributed by atoms with Crippen LogP contribution in [0.25, 0.3) is 6.08 Å². The van der Waals surface area contributed by atoms with E-state index in [0.29, 0.717) is 5.56 Å². The fourth-order valence-corrected chi connectivity index (χ4v) is 2.72. The number of sulfonamides is 1. The molecule has 21 heavy (non-hydrogen) atoms. The Hall–Kier alpha value is -2.68. The molecule has 2 aromatic heterocycles. The molecule has 0 aromatic carbocycles. The molecular weight excluding hydrogens is 296 g/mol. The van der Waals surface area contributed by atoms with Crippen molar-refractivity contribution in [2.45, 2.75) is 5.03 Å². The number of rotatable bonds is 5. The highest BCUT2D eigenvalue weighted by molar-refractivity contribution is 7.92. The summed E-state index contributed by atoms with van der Waals surface area (Å²) in [5, 5.41) is 12.4. The van der Waals surface area contributed by atoms with Gasteiger partial charge in [-0.3, -0.25) is 9.40 Å². The van der Waals surface area contributed by atoms with Crippen LogP contribution < -0.4 is 4.72 Å². The van der Waals surface area contributed by atoms with Gasteiger partial charge in [0.05, 0.1) is 6.20 Å². The number of aromatic nitrogens is 3. The van der Waals surface area contributed by atoms with Gasteiger partial charge in [0, 0.05) is 19.3 Å². The first-order valence-electron chi connectivity index (χ1n) is 5.76. The Morgan fingerprint density at radius 1 is 1.38 bits per heavy atom. The second kappa shape index (κ2) is 5.75. The van der Waals surface area contributed by atoms with Crippen LogP contribution in [0.3, 0.4) is 0 Å². The van der Waals surface area contributed by atoms with E-state index in [-0.39, 0.29) is 10.8 Å². The van der Waals surface area contributed by atoms with Crippen LogP contribution in [0.5, 0.6) is 0 Å². The molecule has 2 rings (SSSR count). The Balaban J connectivity index is 2.26. The van der Waals surface area contributed by atoms with Gasteiger partial charge in [0.25, 0.3) is 10.0 Å². The van der Waals surface area contributed by atoms with Crippen LogP contribution in [-0.2, 0) is 21.9 Å². The van der Waals surface area contributed by atoms with Crippen LogP contribution in [0.15, 0.2) is 41.7 Å². The zero-order chi connectivity index (χ0) is 15.5. The first-order chi connectivity index (χ1) is 9.88. The fraction of sp³-hybridized carbons (Fsp3) is 0.0833. The number of pyridine rings is 1. The molecule has 0 spiro atoms. The summed E-state index contributed by atoms with van der Waals surface area (Å²) in [6, 6.07) is 4.34. The first kappa shape index (κ1) is 14.7. The number of hydrogen-bond acceptors (Lipinski definition) is 5. The van der Waals surface area contributed by atoms with Crippen molar-refractivity contribution >= 4 is 27.9 Å². The van der Waals surface area contributed by atoms with E-state index in [2.05, 4.69) is 14.8 Å². The van der Waals surface area contributed by atoms with Gasteiger partial charge in [0.15, 0.2) is 5.03 Å². The number of nitrogens with one attached hydrogen (secondary N) is 1. The molecule has 9 heteroatoms. The van der Waals surface area contributed by atoms with Crippen LogP contribution in [0, 0.1) is 0 Å². The van der Waals surface area contributed by atoms with Crippen molar-refractivity contribution in [3.05, 3.63) is 42.2 Å². The fourth-order valence-electron chi connectivity index (χ4n) is 1.59. The van der Waals surface area contributed by atoms with E-state index in [4.69, 9.17) is 5.11 Å². The average molecular weight is 308 g/mol. The third-order valence-corrected chi connectivity index (χ3v) is 3.92. The highest BCUT2D eigenvalue weighted by atomic mass is 32.2. The van der Waals surface area contributed by atoms with Crippen molar-refractivity contribution in [1.29, 1.82) is 0 Å². The lowest BCUT2D eigenvalue weighted by Crippen LogP contribution is -2.17. The zero-order valence-electron chi connectivity index (χ0n) is 11.0. The van der Waals surface area contributed by atoms with E-state index in [1.807, 2.05) is 0 Å². The molecule has 0 saturated heterocycles. The number of aryl methyl sites for hydroxylation is 1. The molecule has 0 aliphatic carbocycles. The minimum Gasteiger partial charge on any atom is -0.478 e. The topological polar surface area (TPSA) is 114 Å². The Kier molecular flexibility index (Phi) is 4.03. The van der Waals surface area contributed by atoms with E-state index in [9.17, 15) is 13.2 Å². The van der Waals surface area contributed by atoms with Crippen molar-refractivity contribution in [2.75, 3.05) is 4.72 Å². The molecule has 110 valence electrons. The monoisotopic (exact) mass is 308 g/mol. The Bertz CT molecular complexity index is 795. The number of carboxylic acids is 1. The van der Waals surface area contributed by atoms with Crippen molar-refractivity contribution in [3.63, 3.8) is 0 Å². The van der Waals surface area contributed by atoms with Gasteiger partial charge in [-0.05, 0) is 29.8 Å². The number of aliphatic carboxylic acids is 1. The molecule has 0 aliphatic rings. The van der Waals surface area contributed by atoms with Gasteiger partial charge in [-0.2, -0.15) is 13.5 Å². The molecule has 0 radical (unpaired) electrons. The number of carbonyl (C=O) groups is 1. The molecule has 2 aromatic rings. The van der Waals surface area contributed by atoms with Crippen LogP contribution in [0.1, 0.15) is 5.56 Å². The van der Waals surface area contributed by atoms with Gasteiger partial charge in [0.1, 0.15) is 5.82 Å². The van der Waals surface area contributed by atoms with Gasteiger partial charge in [0.2, 0.25) is 0 Å². The van der Waals surface area contributed by atoms with Crippen molar-refractivity contribution in [2.24, 2.45) is 7.05 Å². The molecule has 0 amide bonds. The van der Waals surface area contributed by atoms with E-state index in [1.54, 1.807) is 6.07 Å². The number of hydrogen-bond donors (Lipinski definition) is 2. The largest absolute Gasteiger partial charge is 0.478 e. The van der Waals surface area contributed by atoms with Crippen molar-refractivity contribution in [1.82, 2.24) is 14.8 Å². The van der Waals surface area contributed by atoms with Gasteiger partial charge in [-0.15, -0.1) is 0 Å². The lowest BCUT2D eigenvalue weighted by molar-refractivity contribution is -0.131. The summed E-state index contributed by atoms with van der Waals surface area (Å²) >= 11 is 0. The molecule has 0 saturated carbocycles. The standard InChI is InChI=1S/C12H12N4O4S/c1-16-11(5-7-14-16)21(19,20)15-10-8-9(4-6-13-10)2-3-12(17)18/h2-8H,1H3,(H,13,15)(H,17,18)/b3-2+. The van der Waals surface area contributed by atoms with E-state index >= 15 is 0 Å². The summed E-state index contributed by atoms with van der Waals surface area (Å²) in [5.41, 5.74) is 0.509. The van der Waals surface area contributed by atoms with Gasteiger partial charge >= 0.3 is 5.97 Å². The van der Waals surface area contributed by atoms with Gasteiger partial charge < -0.3 is 5.11 Å². The smallest absolute Gasteiger partial charge is 0.328 e. The Labute approximate surface area is 120 Å². The summed E-state index contributed by atoms with van der Waals surface area (Å²) in [6.07, 6.45) is 5.04. The minimum atomic E-state index is -3.80.